The zero-order valence-electron chi connectivity index (χ0n) is 8.01. The number of hydrogen-bond donors (Lipinski definition) is 0. The molecule has 0 heterocycles. The Hall–Kier alpha value is -0.370. The van der Waals surface area contributed by atoms with Crippen molar-refractivity contribution >= 4 is 5.78 Å². The van der Waals surface area contributed by atoms with Gasteiger partial charge in [-0.2, -0.15) is 0 Å². The summed E-state index contributed by atoms with van der Waals surface area (Å²) in [7, 11) is 1.69. The van der Waals surface area contributed by atoms with Gasteiger partial charge in [0.1, 0.15) is 5.78 Å². The number of carbonyl (C=O) groups excluding carboxylic acids is 1. The molecule has 1 unspecified atom stereocenters. The normalized spacial score (nSPS) is 20.2. The highest BCUT2D eigenvalue weighted by Gasteiger charge is 2.24. The number of Topliss-reactive ketones (excluding diaryl/α,β-unsaturated/α-hetero) is 1. The summed E-state index contributed by atoms with van der Waals surface area (Å²) in [5, 5.41) is 0. The van der Waals surface area contributed by atoms with Gasteiger partial charge in [0.15, 0.2) is 0 Å². The van der Waals surface area contributed by atoms with Crippen molar-refractivity contribution in [2.75, 3.05) is 7.11 Å². The maximum absolute atomic E-state index is 11.4. The molecular weight excluding hydrogens is 152 g/mol. The molecule has 0 bridgehead atoms. The van der Waals surface area contributed by atoms with Crippen LogP contribution in [0.5, 0.6) is 0 Å². The van der Waals surface area contributed by atoms with E-state index in [1.807, 2.05) is 6.92 Å². The number of rotatable bonds is 5. The van der Waals surface area contributed by atoms with Crippen LogP contribution in [0, 0.1) is 5.92 Å². The van der Waals surface area contributed by atoms with E-state index in [2.05, 4.69) is 0 Å². The third kappa shape index (κ3) is 2.59. The molecule has 0 aliphatic heterocycles. The molecule has 0 aromatic rings. The van der Waals surface area contributed by atoms with Gasteiger partial charge in [-0.1, -0.05) is 6.42 Å². The fourth-order valence-electron chi connectivity index (χ4n) is 1.40. The standard InChI is InChI=1S/C10H18O2/c1-8(12-2)6-7-10(11)9-4-3-5-9/h8-9H,3-7H2,1-2H3. The molecule has 1 fully saturated rings. The molecule has 2 nitrogen and oxygen atoms in total. The van der Waals surface area contributed by atoms with Crippen LogP contribution in [0.15, 0.2) is 0 Å². The molecule has 1 aliphatic carbocycles. The molecular formula is C10H18O2. The third-order valence-electron chi connectivity index (χ3n) is 2.76. The molecule has 12 heavy (non-hydrogen) atoms. The van der Waals surface area contributed by atoms with Crippen LogP contribution < -0.4 is 0 Å². The summed E-state index contributed by atoms with van der Waals surface area (Å²) in [6, 6.07) is 0. The van der Waals surface area contributed by atoms with Crippen molar-refractivity contribution in [3.8, 4) is 0 Å². The minimum atomic E-state index is 0.231. The second-order valence-corrected chi connectivity index (χ2v) is 3.68. The lowest BCUT2D eigenvalue weighted by atomic mass is 9.80. The average Bonchev–Trinajstić information content (AvgIpc) is 1.97. The SMILES string of the molecule is COC(C)CCC(=O)C1CCC1. The van der Waals surface area contributed by atoms with Gasteiger partial charge in [0, 0.05) is 19.4 Å². The topological polar surface area (TPSA) is 26.3 Å². The molecule has 0 radical (unpaired) electrons. The van der Waals surface area contributed by atoms with E-state index < -0.39 is 0 Å². The monoisotopic (exact) mass is 170 g/mol. The van der Waals surface area contributed by atoms with E-state index in [1.54, 1.807) is 7.11 Å². The van der Waals surface area contributed by atoms with Crippen molar-refractivity contribution in [1.82, 2.24) is 0 Å². The Balaban J connectivity index is 2.09. The number of hydrogen-bond acceptors (Lipinski definition) is 2. The van der Waals surface area contributed by atoms with Crippen molar-refractivity contribution in [2.24, 2.45) is 5.92 Å². The molecule has 0 spiro atoms. The Morgan fingerprint density at radius 1 is 1.58 bits per heavy atom. The molecule has 0 N–H and O–H groups in total. The van der Waals surface area contributed by atoms with Gasteiger partial charge in [0.05, 0.1) is 6.10 Å². The third-order valence-corrected chi connectivity index (χ3v) is 2.76. The fraction of sp³-hybridized carbons (Fsp3) is 0.900. The van der Waals surface area contributed by atoms with E-state index in [0.717, 1.165) is 19.3 Å². The van der Waals surface area contributed by atoms with Crippen molar-refractivity contribution in [2.45, 2.75) is 45.1 Å². The molecule has 0 amide bonds. The minimum absolute atomic E-state index is 0.231. The number of ketones is 1. The van der Waals surface area contributed by atoms with Gasteiger partial charge in [-0.25, -0.2) is 0 Å². The molecule has 1 aliphatic rings. The lowest BCUT2D eigenvalue weighted by Crippen LogP contribution is -2.22. The quantitative estimate of drug-likeness (QED) is 0.632. The Morgan fingerprint density at radius 3 is 2.67 bits per heavy atom. The van der Waals surface area contributed by atoms with Crippen LogP contribution >= 0.6 is 0 Å². The molecule has 1 rings (SSSR count). The summed E-state index contributed by atoms with van der Waals surface area (Å²) >= 11 is 0. The zero-order chi connectivity index (χ0) is 8.97. The van der Waals surface area contributed by atoms with Crippen LogP contribution in [-0.4, -0.2) is 19.0 Å². The first-order chi connectivity index (χ1) is 5.74. The summed E-state index contributed by atoms with van der Waals surface area (Å²) in [5.41, 5.74) is 0. The van der Waals surface area contributed by atoms with Crippen molar-refractivity contribution in [3.05, 3.63) is 0 Å². The van der Waals surface area contributed by atoms with Crippen molar-refractivity contribution < 1.29 is 9.53 Å². The molecule has 2 heteroatoms. The van der Waals surface area contributed by atoms with E-state index in [0.29, 0.717) is 18.1 Å². The van der Waals surface area contributed by atoms with Crippen molar-refractivity contribution in [3.63, 3.8) is 0 Å². The maximum Gasteiger partial charge on any atom is 0.136 e. The maximum atomic E-state index is 11.4. The molecule has 1 atom stereocenters. The van der Waals surface area contributed by atoms with Crippen LogP contribution in [0.1, 0.15) is 39.0 Å². The van der Waals surface area contributed by atoms with E-state index in [1.165, 1.54) is 6.42 Å². The van der Waals surface area contributed by atoms with Gasteiger partial charge in [-0.3, -0.25) is 4.79 Å². The highest BCUT2D eigenvalue weighted by atomic mass is 16.5. The van der Waals surface area contributed by atoms with Crippen LogP contribution in [-0.2, 0) is 9.53 Å². The Morgan fingerprint density at radius 2 is 2.25 bits per heavy atom. The van der Waals surface area contributed by atoms with E-state index in [9.17, 15) is 4.79 Å². The van der Waals surface area contributed by atoms with Gasteiger partial charge in [-0.15, -0.1) is 0 Å². The summed E-state index contributed by atoms with van der Waals surface area (Å²) in [5.74, 6) is 0.846. The first kappa shape index (κ1) is 9.72. The zero-order valence-corrected chi connectivity index (χ0v) is 8.01. The molecule has 0 aromatic heterocycles. The number of methoxy groups -OCH3 is 1. The lowest BCUT2D eigenvalue weighted by Gasteiger charge is -2.24. The smallest absolute Gasteiger partial charge is 0.136 e. The summed E-state index contributed by atoms with van der Waals surface area (Å²) in [4.78, 5) is 11.4. The molecule has 1 saturated carbocycles. The number of ether oxygens (including phenoxy) is 1. The van der Waals surface area contributed by atoms with Crippen LogP contribution in [0.4, 0.5) is 0 Å². The summed E-state index contributed by atoms with van der Waals surface area (Å²) in [6.45, 7) is 2.01. The van der Waals surface area contributed by atoms with Crippen LogP contribution in [0.3, 0.4) is 0 Å². The Bertz CT molecular complexity index is 150. The highest BCUT2D eigenvalue weighted by molar-refractivity contribution is 5.81. The lowest BCUT2D eigenvalue weighted by molar-refractivity contribution is -0.125. The van der Waals surface area contributed by atoms with Gasteiger partial charge >= 0.3 is 0 Å². The highest BCUT2D eigenvalue weighted by Crippen LogP contribution is 2.28. The summed E-state index contributed by atoms with van der Waals surface area (Å²) < 4.78 is 5.08. The molecule has 0 saturated heterocycles. The van der Waals surface area contributed by atoms with Crippen LogP contribution in [0.25, 0.3) is 0 Å². The predicted octanol–water partition coefficient (Wildman–Crippen LogP) is 2.17. The fourth-order valence-corrected chi connectivity index (χ4v) is 1.40. The Kier molecular flexibility index (Phi) is 3.73. The first-order valence-corrected chi connectivity index (χ1v) is 4.79. The predicted molar refractivity (Wildman–Crippen MR) is 48.1 cm³/mol. The van der Waals surface area contributed by atoms with E-state index in [-0.39, 0.29) is 6.10 Å². The van der Waals surface area contributed by atoms with Crippen molar-refractivity contribution in [1.29, 1.82) is 0 Å². The van der Waals surface area contributed by atoms with Gasteiger partial charge in [-0.05, 0) is 26.2 Å². The second-order valence-electron chi connectivity index (χ2n) is 3.68. The van der Waals surface area contributed by atoms with E-state index in [4.69, 9.17) is 4.74 Å². The largest absolute Gasteiger partial charge is 0.382 e. The molecule has 70 valence electrons. The minimum Gasteiger partial charge on any atom is -0.382 e. The Labute approximate surface area is 74.3 Å². The average molecular weight is 170 g/mol. The molecule has 0 aromatic carbocycles. The second kappa shape index (κ2) is 4.61. The first-order valence-electron chi connectivity index (χ1n) is 4.79. The van der Waals surface area contributed by atoms with Crippen LogP contribution in [0.2, 0.25) is 0 Å². The van der Waals surface area contributed by atoms with E-state index >= 15 is 0 Å². The van der Waals surface area contributed by atoms with Gasteiger partial charge in [0.2, 0.25) is 0 Å². The summed E-state index contributed by atoms with van der Waals surface area (Å²) in [6.07, 6.45) is 5.32. The number of carbonyl (C=O) groups is 1. The van der Waals surface area contributed by atoms with Gasteiger partial charge in [0.25, 0.3) is 0 Å². The van der Waals surface area contributed by atoms with Gasteiger partial charge < -0.3 is 4.74 Å².